The molecule has 0 spiro atoms. The molecule has 0 aliphatic rings. The number of nitrogens with two attached hydrogens (primary N) is 1. The van der Waals surface area contributed by atoms with Crippen LogP contribution in [0.1, 0.15) is 28.4 Å². The van der Waals surface area contributed by atoms with Gasteiger partial charge in [-0.25, -0.2) is 0 Å². The molecule has 0 bridgehead atoms. The first-order valence-electron chi connectivity index (χ1n) is 7.30. The molecule has 4 N–H and O–H groups in total. The molecule has 0 saturated heterocycles. The standard InChI is InChI=1S/C17H17N5O2/c18-8-5-16(23)21-11-15(19)12-1-3-13(4-2-12)17(24)22-14-6-9-20-10-7-14/h1-4,6-7,9-10,15H,5,11,19H2,(H,21,23)(H,20,22,24). The number of aromatic nitrogens is 1. The molecule has 2 rings (SSSR count). The van der Waals surface area contributed by atoms with Gasteiger partial charge < -0.3 is 16.4 Å². The third kappa shape index (κ3) is 4.90. The summed E-state index contributed by atoms with van der Waals surface area (Å²) in [5.41, 5.74) is 7.93. The molecule has 1 aromatic carbocycles. The Morgan fingerprint density at radius 3 is 2.46 bits per heavy atom. The van der Waals surface area contributed by atoms with E-state index in [4.69, 9.17) is 11.0 Å². The Hall–Kier alpha value is -3.24. The van der Waals surface area contributed by atoms with Crippen LogP contribution in [0.4, 0.5) is 5.69 Å². The number of hydrogen-bond donors (Lipinski definition) is 3. The van der Waals surface area contributed by atoms with Crippen molar-refractivity contribution >= 4 is 17.5 Å². The molecule has 0 aliphatic carbocycles. The van der Waals surface area contributed by atoms with Crippen LogP contribution in [-0.2, 0) is 4.79 Å². The smallest absolute Gasteiger partial charge is 0.255 e. The molecule has 7 nitrogen and oxygen atoms in total. The van der Waals surface area contributed by atoms with E-state index in [0.717, 1.165) is 5.56 Å². The highest BCUT2D eigenvalue weighted by molar-refractivity contribution is 6.04. The van der Waals surface area contributed by atoms with Crippen molar-refractivity contribution < 1.29 is 9.59 Å². The van der Waals surface area contributed by atoms with Gasteiger partial charge in [0, 0.05) is 36.2 Å². The van der Waals surface area contributed by atoms with E-state index >= 15 is 0 Å². The largest absolute Gasteiger partial charge is 0.353 e. The molecule has 0 radical (unpaired) electrons. The molecular weight excluding hydrogens is 306 g/mol. The monoisotopic (exact) mass is 323 g/mol. The Balaban J connectivity index is 1.93. The zero-order chi connectivity index (χ0) is 17.4. The van der Waals surface area contributed by atoms with E-state index in [1.165, 1.54) is 0 Å². The topological polar surface area (TPSA) is 121 Å². The van der Waals surface area contributed by atoms with Crippen molar-refractivity contribution in [2.24, 2.45) is 5.73 Å². The number of pyridine rings is 1. The van der Waals surface area contributed by atoms with Crippen molar-refractivity contribution in [1.82, 2.24) is 10.3 Å². The second-order valence-electron chi connectivity index (χ2n) is 5.06. The Morgan fingerprint density at radius 1 is 1.17 bits per heavy atom. The van der Waals surface area contributed by atoms with Crippen molar-refractivity contribution in [3.05, 3.63) is 59.9 Å². The van der Waals surface area contributed by atoms with Gasteiger partial charge in [-0.1, -0.05) is 12.1 Å². The van der Waals surface area contributed by atoms with E-state index in [-0.39, 0.29) is 24.8 Å². The Labute approximate surface area is 139 Å². The van der Waals surface area contributed by atoms with Gasteiger partial charge in [-0.2, -0.15) is 5.26 Å². The Bertz CT molecular complexity index is 738. The van der Waals surface area contributed by atoms with Gasteiger partial charge in [0.15, 0.2) is 0 Å². The first-order chi connectivity index (χ1) is 11.6. The highest BCUT2D eigenvalue weighted by atomic mass is 16.2. The Morgan fingerprint density at radius 2 is 1.83 bits per heavy atom. The summed E-state index contributed by atoms with van der Waals surface area (Å²) in [4.78, 5) is 27.3. The van der Waals surface area contributed by atoms with Crippen LogP contribution in [0.15, 0.2) is 48.8 Å². The van der Waals surface area contributed by atoms with Crippen LogP contribution in [0.25, 0.3) is 0 Å². The fourth-order valence-corrected chi connectivity index (χ4v) is 2.00. The lowest BCUT2D eigenvalue weighted by Crippen LogP contribution is -2.31. The normalized spacial score (nSPS) is 11.2. The number of carbonyl (C=O) groups is 2. The van der Waals surface area contributed by atoms with Gasteiger partial charge in [-0.05, 0) is 29.8 Å². The van der Waals surface area contributed by atoms with E-state index in [0.29, 0.717) is 11.3 Å². The number of benzene rings is 1. The first kappa shape index (κ1) is 17.1. The number of amides is 2. The van der Waals surface area contributed by atoms with E-state index in [1.807, 2.05) is 0 Å². The summed E-state index contributed by atoms with van der Waals surface area (Å²) in [5, 5.41) is 13.8. The van der Waals surface area contributed by atoms with Crippen LogP contribution < -0.4 is 16.4 Å². The number of rotatable bonds is 6. The minimum Gasteiger partial charge on any atom is -0.353 e. The zero-order valence-electron chi connectivity index (χ0n) is 12.9. The number of nitriles is 1. The van der Waals surface area contributed by atoms with Crippen molar-refractivity contribution in [2.45, 2.75) is 12.5 Å². The first-order valence-corrected chi connectivity index (χ1v) is 7.30. The summed E-state index contributed by atoms with van der Waals surface area (Å²) in [7, 11) is 0. The average Bonchev–Trinajstić information content (AvgIpc) is 2.61. The number of nitrogens with zero attached hydrogens (tertiary/aromatic N) is 2. The lowest BCUT2D eigenvalue weighted by molar-refractivity contribution is -0.120. The summed E-state index contributed by atoms with van der Waals surface area (Å²) >= 11 is 0. The molecule has 1 unspecified atom stereocenters. The van der Waals surface area contributed by atoms with Crippen LogP contribution in [0.2, 0.25) is 0 Å². The van der Waals surface area contributed by atoms with Gasteiger partial charge in [0.1, 0.15) is 6.42 Å². The third-order valence-corrected chi connectivity index (χ3v) is 3.30. The highest BCUT2D eigenvalue weighted by Gasteiger charge is 2.10. The van der Waals surface area contributed by atoms with Crippen molar-refractivity contribution in [3.8, 4) is 6.07 Å². The zero-order valence-corrected chi connectivity index (χ0v) is 12.9. The van der Waals surface area contributed by atoms with Crippen LogP contribution in [0, 0.1) is 11.3 Å². The van der Waals surface area contributed by atoms with Crippen LogP contribution in [-0.4, -0.2) is 23.3 Å². The van der Waals surface area contributed by atoms with Crippen LogP contribution in [0.3, 0.4) is 0 Å². The predicted octanol–water partition coefficient (Wildman–Crippen LogP) is 1.36. The number of nitrogens with one attached hydrogen (secondary N) is 2. The minimum atomic E-state index is -0.412. The second kappa shape index (κ2) is 8.41. The number of anilines is 1. The molecule has 2 amide bonds. The fourth-order valence-electron chi connectivity index (χ4n) is 2.00. The molecule has 122 valence electrons. The van der Waals surface area contributed by atoms with Gasteiger partial charge in [-0.15, -0.1) is 0 Å². The molecule has 2 aromatic rings. The van der Waals surface area contributed by atoms with Crippen LogP contribution in [0.5, 0.6) is 0 Å². The maximum absolute atomic E-state index is 12.1. The van der Waals surface area contributed by atoms with Crippen molar-refractivity contribution in [1.29, 1.82) is 5.26 Å². The number of hydrogen-bond acceptors (Lipinski definition) is 5. The van der Waals surface area contributed by atoms with E-state index in [1.54, 1.807) is 54.9 Å². The van der Waals surface area contributed by atoms with Gasteiger partial charge in [0.25, 0.3) is 5.91 Å². The van der Waals surface area contributed by atoms with E-state index in [9.17, 15) is 9.59 Å². The summed E-state index contributed by atoms with van der Waals surface area (Å²) < 4.78 is 0. The average molecular weight is 323 g/mol. The quantitative estimate of drug-likeness (QED) is 0.741. The molecule has 24 heavy (non-hydrogen) atoms. The maximum Gasteiger partial charge on any atom is 0.255 e. The summed E-state index contributed by atoms with van der Waals surface area (Å²) in [5.74, 6) is -0.593. The van der Waals surface area contributed by atoms with Gasteiger partial charge in [0.2, 0.25) is 5.91 Å². The molecule has 1 heterocycles. The molecule has 7 heteroatoms. The van der Waals surface area contributed by atoms with Gasteiger partial charge in [-0.3, -0.25) is 14.6 Å². The van der Waals surface area contributed by atoms with Crippen LogP contribution >= 0.6 is 0 Å². The van der Waals surface area contributed by atoms with E-state index < -0.39 is 6.04 Å². The highest BCUT2D eigenvalue weighted by Crippen LogP contribution is 2.13. The summed E-state index contributed by atoms with van der Waals surface area (Å²) in [6.07, 6.45) is 3.00. The van der Waals surface area contributed by atoms with Gasteiger partial charge >= 0.3 is 0 Å². The van der Waals surface area contributed by atoms with Gasteiger partial charge in [0.05, 0.1) is 6.07 Å². The molecule has 0 aliphatic heterocycles. The lowest BCUT2D eigenvalue weighted by atomic mass is 10.0. The predicted molar refractivity (Wildman–Crippen MR) is 88.8 cm³/mol. The second-order valence-corrected chi connectivity index (χ2v) is 5.06. The number of carbonyl (C=O) groups excluding carboxylic acids is 2. The SMILES string of the molecule is N#CCC(=O)NCC(N)c1ccc(C(=O)Nc2ccncc2)cc1. The molecule has 0 saturated carbocycles. The Kier molecular flexibility index (Phi) is 6.00. The summed E-state index contributed by atoms with van der Waals surface area (Å²) in [6, 6.07) is 11.6. The molecule has 1 aromatic heterocycles. The van der Waals surface area contributed by atoms with Crippen molar-refractivity contribution in [2.75, 3.05) is 11.9 Å². The lowest BCUT2D eigenvalue weighted by Gasteiger charge is -2.13. The molecule has 1 atom stereocenters. The third-order valence-electron chi connectivity index (χ3n) is 3.30. The molecular formula is C17H17N5O2. The fraction of sp³-hybridized carbons (Fsp3) is 0.176. The van der Waals surface area contributed by atoms with E-state index in [2.05, 4.69) is 15.6 Å². The van der Waals surface area contributed by atoms with Crippen molar-refractivity contribution in [3.63, 3.8) is 0 Å². The minimum absolute atomic E-state index is 0.194. The maximum atomic E-state index is 12.1. The summed E-state index contributed by atoms with van der Waals surface area (Å²) in [6.45, 7) is 0.225. The molecule has 0 fully saturated rings.